The molecule has 342 valence electrons. The topological polar surface area (TPSA) is 150 Å². The fourth-order valence-corrected chi connectivity index (χ4v) is 10.9. The van der Waals surface area contributed by atoms with E-state index in [1.54, 1.807) is 6.20 Å². The zero-order valence-electron chi connectivity index (χ0n) is 36.6. The van der Waals surface area contributed by atoms with Crippen LogP contribution in [-0.2, 0) is 0 Å². The third-order valence-corrected chi connectivity index (χ3v) is 14.3. The fourth-order valence-electron chi connectivity index (χ4n) is 10.6. The van der Waals surface area contributed by atoms with Gasteiger partial charge in [0, 0.05) is 92.6 Å². The molecule has 0 amide bonds. The number of nitrogens with zero attached hydrogens (tertiary/aromatic N) is 8. The summed E-state index contributed by atoms with van der Waals surface area (Å²) in [6.45, 7) is 7.72. The van der Waals surface area contributed by atoms with Crippen molar-refractivity contribution in [2.45, 2.75) is 50.3 Å². The Morgan fingerprint density at radius 2 is 1.61 bits per heavy atom. The molecule has 7 aromatic rings. The summed E-state index contributed by atoms with van der Waals surface area (Å²) in [5, 5.41) is 16.0. The number of pyridine rings is 2. The molecule has 3 aromatic carbocycles. The van der Waals surface area contributed by atoms with E-state index in [0.717, 1.165) is 75.2 Å². The van der Waals surface area contributed by atoms with Gasteiger partial charge in [-0.05, 0) is 86.0 Å². The number of halogens is 3. The SMILES string of the molecule is C#Cc1c(F)ccc2cc(O)cc(-c3ncc4c(N5CC6CCC(C5)N6)nc(OCCN5CC6(CN(CCOc7ccc(-c8nc9nc(OC%10CCC%10)[nH]c9cc8Cl)cc7)C6)C5)nc4c3F)c12. The maximum absolute atomic E-state index is 16.9. The van der Waals surface area contributed by atoms with Crippen LogP contribution in [0.15, 0.2) is 60.8 Å². The average Bonchev–Trinajstić information content (AvgIpc) is 3.85. The van der Waals surface area contributed by atoms with E-state index in [-0.39, 0.29) is 51.0 Å². The number of hydrogen-bond donors (Lipinski definition) is 3. The summed E-state index contributed by atoms with van der Waals surface area (Å²) < 4.78 is 50.2. The van der Waals surface area contributed by atoms with Gasteiger partial charge < -0.3 is 34.5 Å². The molecule has 4 saturated heterocycles. The number of imidazole rings is 1. The second kappa shape index (κ2) is 16.7. The predicted molar refractivity (Wildman–Crippen MR) is 251 cm³/mol. The minimum Gasteiger partial charge on any atom is -0.508 e. The molecule has 1 aliphatic carbocycles. The zero-order valence-corrected chi connectivity index (χ0v) is 37.3. The van der Waals surface area contributed by atoms with Crippen LogP contribution in [0.4, 0.5) is 14.6 Å². The number of nitrogens with one attached hydrogen (secondary N) is 2. The Kier molecular flexibility index (Phi) is 10.5. The molecule has 14 nitrogen and oxygen atoms in total. The van der Waals surface area contributed by atoms with E-state index in [1.807, 2.05) is 30.3 Å². The van der Waals surface area contributed by atoms with Crippen LogP contribution in [0.3, 0.4) is 0 Å². The third-order valence-electron chi connectivity index (χ3n) is 14.0. The Balaban J connectivity index is 0.667. The normalized spacial score (nSPS) is 20.2. The lowest BCUT2D eigenvalue weighted by Crippen LogP contribution is -2.72. The number of hydrogen-bond acceptors (Lipinski definition) is 13. The summed E-state index contributed by atoms with van der Waals surface area (Å²) in [6, 6.07) is 16.3. The third kappa shape index (κ3) is 7.87. The molecule has 1 spiro atoms. The number of aromatic hydroxyl groups is 1. The lowest BCUT2D eigenvalue weighted by atomic mass is 9.73. The summed E-state index contributed by atoms with van der Waals surface area (Å²) in [4.78, 5) is 33.4. The van der Waals surface area contributed by atoms with Gasteiger partial charge in [-0.3, -0.25) is 14.8 Å². The first kappa shape index (κ1) is 42.0. The summed E-state index contributed by atoms with van der Waals surface area (Å²) in [5.41, 5.74) is 3.15. The molecule has 12 rings (SSSR count). The highest BCUT2D eigenvalue weighted by molar-refractivity contribution is 6.33. The first-order chi connectivity index (χ1) is 32.6. The maximum atomic E-state index is 16.9. The molecule has 0 radical (unpaired) electrons. The lowest BCUT2D eigenvalue weighted by molar-refractivity contribution is -0.118. The molecule has 67 heavy (non-hydrogen) atoms. The largest absolute Gasteiger partial charge is 0.508 e. The second-order valence-corrected chi connectivity index (χ2v) is 19.2. The predicted octanol–water partition coefficient (Wildman–Crippen LogP) is 7.35. The molecule has 5 fully saturated rings. The van der Waals surface area contributed by atoms with Crippen molar-refractivity contribution in [3.05, 3.63) is 83.0 Å². The van der Waals surface area contributed by atoms with E-state index in [9.17, 15) is 9.50 Å². The number of rotatable bonds is 13. The maximum Gasteiger partial charge on any atom is 0.319 e. The van der Waals surface area contributed by atoms with Gasteiger partial charge in [-0.15, -0.1) is 6.42 Å². The van der Waals surface area contributed by atoms with Gasteiger partial charge in [0.25, 0.3) is 6.01 Å². The summed E-state index contributed by atoms with van der Waals surface area (Å²) in [5.74, 6) is 2.24. The van der Waals surface area contributed by atoms with Crippen molar-refractivity contribution in [2.75, 3.05) is 70.5 Å². The quantitative estimate of drug-likeness (QED) is 0.0991. The number of phenolic OH excluding ortho intramolecular Hbond substituents is 1. The van der Waals surface area contributed by atoms with Crippen LogP contribution in [0.5, 0.6) is 23.5 Å². The smallest absolute Gasteiger partial charge is 0.319 e. The summed E-state index contributed by atoms with van der Waals surface area (Å²) in [6.07, 6.45) is 12.9. The van der Waals surface area contributed by atoms with E-state index < -0.39 is 11.6 Å². The molecule has 8 heterocycles. The Morgan fingerprint density at radius 3 is 2.33 bits per heavy atom. The van der Waals surface area contributed by atoms with Gasteiger partial charge in [0.05, 0.1) is 27.2 Å². The van der Waals surface area contributed by atoms with Gasteiger partial charge in [-0.25, -0.2) is 13.8 Å². The monoisotopic (exact) mass is 924 g/mol. The number of aromatic nitrogens is 6. The molecule has 4 aromatic heterocycles. The number of ether oxygens (including phenoxy) is 3. The van der Waals surface area contributed by atoms with E-state index in [1.165, 1.54) is 30.7 Å². The lowest BCUT2D eigenvalue weighted by Gasteiger charge is -2.60. The van der Waals surface area contributed by atoms with Crippen molar-refractivity contribution in [1.29, 1.82) is 0 Å². The van der Waals surface area contributed by atoms with Crippen LogP contribution in [0.2, 0.25) is 5.02 Å². The minimum absolute atomic E-state index is 0.0266. The first-order valence-electron chi connectivity index (χ1n) is 23.0. The fraction of sp³-hybridized carbons (Fsp3) is 0.380. The number of terminal acetylenes is 1. The van der Waals surface area contributed by atoms with Gasteiger partial charge in [-0.2, -0.15) is 15.0 Å². The van der Waals surface area contributed by atoms with Gasteiger partial charge >= 0.3 is 6.01 Å². The Bertz CT molecular complexity index is 3100. The van der Waals surface area contributed by atoms with Crippen LogP contribution in [0.25, 0.3) is 55.4 Å². The highest BCUT2D eigenvalue weighted by Crippen LogP contribution is 2.41. The number of fused-ring (bicyclic) bond motifs is 5. The highest BCUT2D eigenvalue weighted by atomic mass is 35.5. The van der Waals surface area contributed by atoms with Gasteiger partial charge in [0.1, 0.15) is 53.7 Å². The van der Waals surface area contributed by atoms with Crippen molar-refractivity contribution < 1.29 is 28.1 Å². The van der Waals surface area contributed by atoms with E-state index in [0.29, 0.717) is 83.9 Å². The van der Waals surface area contributed by atoms with E-state index in [4.69, 9.17) is 42.2 Å². The molecule has 2 bridgehead atoms. The van der Waals surface area contributed by atoms with Crippen LogP contribution in [0, 0.1) is 29.4 Å². The molecular formula is C50H47ClF2N10O4. The summed E-state index contributed by atoms with van der Waals surface area (Å²) in [7, 11) is 0. The Morgan fingerprint density at radius 1 is 0.866 bits per heavy atom. The van der Waals surface area contributed by atoms with Crippen molar-refractivity contribution in [2.24, 2.45) is 5.41 Å². The second-order valence-electron chi connectivity index (χ2n) is 18.8. The Hall–Kier alpha value is -6.38. The van der Waals surface area contributed by atoms with Crippen molar-refractivity contribution in [3.63, 3.8) is 0 Å². The standard InChI is InChI=1S/C50H47ClF2N10O4/c1-2-35-39(52)13-8-29-18-32(64)19-36(41(29)35)44-42(53)45-37(21-54-44)47(63-22-30-9-10-31(23-63)55-30)60-48(58-45)66-17-15-62-26-50(27-62)24-61(25-50)14-16-65-33-11-6-28(7-12-33)43-38(51)20-40-46(57-43)59-49(56-40)67-34-4-3-5-34/h1,6-8,11-13,18-21,30-31,34,55,64H,3-5,9-10,14-17,22-27H2,(H,56,57,59). The molecule has 1 saturated carbocycles. The molecule has 5 aliphatic rings. The molecule has 2 unspecified atom stereocenters. The van der Waals surface area contributed by atoms with Crippen LogP contribution in [-0.4, -0.2) is 129 Å². The Labute approximate surface area is 389 Å². The molecule has 4 aliphatic heterocycles. The van der Waals surface area contributed by atoms with Gasteiger partial charge in [-0.1, -0.05) is 23.6 Å². The number of likely N-dealkylation sites (tertiary alicyclic amines) is 2. The van der Waals surface area contributed by atoms with Crippen molar-refractivity contribution >= 4 is 50.3 Å². The minimum atomic E-state index is -0.739. The molecule has 17 heteroatoms. The van der Waals surface area contributed by atoms with Crippen LogP contribution in [0.1, 0.15) is 37.7 Å². The zero-order chi connectivity index (χ0) is 45.4. The molecular weight excluding hydrogens is 878 g/mol. The number of anilines is 1. The van der Waals surface area contributed by atoms with Crippen LogP contribution < -0.4 is 24.4 Å². The van der Waals surface area contributed by atoms with Gasteiger partial charge in [0.2, 0.25) is 0 Å². The van der Waals surface area contributed by atoms with Gasteiger partial charge in [0.15, 0.2) is 11.5 Å². The number of aromatic amines is 1. The summed E-state index contributed by atoms with van der Waals surface area (Å²) >= 11 is 6.64. The number of piperazine rings is 1. The van der Waals surface area contributed by atoms with Crippen molar-refractivity contribution in [3.8, 4) is 58.4 Å². The van der Waals surface area contributed by atoms with E-state index >= 15 is 4.39 Å². The molecule has 2 atom stereocenters. The van der Waals surface area contributed by atoms with Crippen LogP contribution >= 0.6 is 11.6 Å². The molecule has 3 N–H and O–H groups in total. The highest BCUT2D eigenvalue weighted by Gasteiger charge is 2.51. The first-order valence-corrected chi connectivity index (χ1v) is 23.4. The average molecular weight is 925 g/mol. The number of benzene rings is 3. The van der Waals surface area contributed by atoms with E-state index in [2.05, 4.69) is 45.9 Å². The number of phenols is 1. The van der Waals surface area contributed by atoms with Crippen molar-refractivity contribution in [1.82, 2.24) is 45.0 Å². The number of H-pyrrole nitrogens is 1.